The number of nitrogens with one attached hydrogen (secondary N) is 1. The van der Waals surface area contributed by atoms with Crippen LogP contribution in [0.2, 0.25) is 0 Å². The highest BCUT2D eigenvalue weighted by Gasteiger charge is 2.35. The lowest BCUT2D eigenvalue weighted by atomic mass is 10.00. The second-order valence-electron chi connectivity index (χ2n) is 7.64. The largest absolute Gasteiger partial charge is 0.493 e. The van der Waals surface area contributed by atoms with Crippen LogP contribution in [-0.4, -0.2) is 29.2 Å². The van der Waals surface area contributed by atoms with Crippen LogP contribution in [0.3, 0.4) is 0 Å². The van der Waals surface area contributed by atoms with Gasteiger partial charge in [-0.3, -0.25) is 19.3 Å². The minimum absolute atomic E-state index is 0.119. The van der Waals surface area contributed by atoms with Crippen LogP contribution in [0, 0.1) is 0 Å². The summed E-state index contributed by atoms with van der Waals surface area (Å²) in [6.07, 6.45) is 0.692. The molecule has 0 aliphatic carbocycles. The van der Waals surface area contributed by atoms with Gasteiger partial charge in [0.15, 0.2) is 0 Å². The molecule has 0 radical (unpaired) electrons. The molecule has 3 aromatic carbocycles. The van der Waals surface area contributed by atoms with Gasteiger partial charge < -0.3 is 10.1 Å². The zero-order valence-corrected chi connectivity index (χ0v) is 16.7. The van der Waals surface area contributed by atoms with Crippen molar-refractivity contribution in [1.82, 2.24) is 10.2 Å². The molecule has 0 saturated heterocycles. The number of carbonyl (C=O) groups is 3. The number of ether oxygens (including phenoxy) is 1. The van der Waals surface area contributed by atoms with Crippen molar-refractivity contribution in [2.75, 3.05) is 6.61 Å². The number of hydrogen-bond acceptors (Lipinski definition) is 4. The average molecular weight is 412 g/mol. The van der Waals surface area contributed by atoms with Crippen LogP contribution in [0.1, 0.15) is 54.7 Å². The van der Waals surface area contributed by atoms with Crippen LogP contribution in [0.25, 0.3) is 0 Å². The van der Waals surface area contributed by atoms with Crippen molar-refractivity contribution in [2.45, 2.75) is 19.0 Å². The molecule has 0 saturated carbocycles. The van der Waals surface area contributed by atoms with Gasteiger partial charge in [0.2, 0.25) is 0 Å². The number of benzene rings is 3. The first-order valence-corrected chi connectivity index (χ1v) is 10.2. The number of rotatable bonds is 4. The summed E-state index contributed by atoms with van der Waals surface area (Å²) in [5.74, 6) is -0.0344. The van der Waals surface area contributed by atoms with E-state index >= 15 is 0 Å². The Kier molecular flexibility index (Phi) is 4.75. The van der Waals surface area contributed by atoms with E-state index in [1.807, 2.05) is 30.3 Å². The first-order chi connectivity index (χ1) is 15.1. The molecule has 0 spiro atoms. The van der Waals surface area contributed by atoms with E-state index in [9.17, 15) is 14.4 Å². The van der Waals surface area contributed by atoms with Gasteiger partial charge in [0.1, 0.15) is 5.75 Å². The second-order valence-corrected chi connectivity index (χ2v) is 7.64. The fourth-order valence-electron chi connectivity index (χ4n) is 4.11. The maximum atomic E-state index is 12.9. The smallest absolute Gasteiger partial charge is 0.261 e. The molecule has 2 aliphatic rings. The van der Waals surface area contributed by atoms with Gasteiger partial charge in [-0.2, -0.15) is 0 Å². The Bertz CT molecular complexity index is 1170. The van der Waals surface area contributed by atoms with Crippen LogP contribution in [-0.2, 0) is 6.54 Å². The first kappa shape index (κ1) is 19.1. The van der Waals surface area contributed by atoms with Crippen LogP contribution in [0.5, 0.6) is 5.75 Å². The Morgan fingerprint density at radius 2 is 1.65 bits per heavy atom. The molecule has 0 bridgehead atoms. The molecule has 3 aromatic rings. The second kappa shape index (κ2) is 7.72. The first-order valence-electron chi connectivity index (χ1n) is 10.2. The standard InChI is InChI=1S/C25H20N2O4/c28-23(26-21-12-13-31-22-11-4-3-10-20(21)22)17-7-5-6-16(14-17)15-27-24(29)18-8-1-2-9-19(18)25(27)30/h1-11,14,21H,12-13,15H2,(H,26,28). The van der Waals surface area contributed by atoms with E-state index in [1.165, 1.54) is 4.90 Å². The molecule has 154 valence electrons. The van der Waals surface area contributed by atoms with E-state index in [1.54, 1.807) is 42.5 Å². The monoisotopic (exact) mass is 412 g/mol. The highest BCUT2D eigenvalue weighted by Crippen LogP contribution is 2.32. The van der Waals surface area contributed by atoms with Gasteiger partial charge in [0.25, 0.3) is 17.7 Å². The molecular weight excluding hydrogens is 392 g/mol. The Labute approximate surface area is 179 Å². The summed E-state index contributed by atoms with van der Waals surface area (Å²) in [4.78, 5) is 39.4. The summed E-state index contributed by atoms with van der Waals surface area (Å²) in [5, 5.41) is 3.08. The lowest BCUT2D eigenvalue weighted by molar-refractivity contribution is 0.0642. The van der Waals surface area contributed by atoms with E-state index in [4.69, 9.17) is 4.74 Å². The number of fused-ring (bicyclic) bond motifs is 2. The van der Waals surface area contributed by atoms with E-state index in [0.717, 1.165) is 16.9 Å². The third-order valence-electron chi connectivity index (χ3n) is 5.67. The number of amides is 3. The number of carbonyl (C=O) groups excluding carboxylic acids is 3. The fourth-order valence-corrected chi connectivity index (χ4v) is 4.11. The average Bonchev–Trinajstić information content (AvgIpc) is 3.04. The molecule has 6 heteroatoms. The molecular formula is C25H20N2O4. The Balaban J connectivity index is 1.33. The van der Waals surface area contributed by atoms with Crippen LogP contribution >= 0.6 is 0 Å². The molecule has 2 heterocycles. The van der Waals surface area contributed by atoms with E-state index < -0.39 is 0 Å². The van der Waals surface area contributed by atoms with Gasteiger partial charge in [-0.05, 0) is 35.9 Å². The van der Waals surface area contributed by atoms with E-state index in [-0.39, 0.29) is 30.3 Å². The SMILES string of the molecule is O=C(NC1CCOc2ccccc21)c1cccc(CN2C(=O)c3ccccc3C2=O)c1. The number of nitrogens with zero attached hydrogens (tertiary/aromatic N) is 1. The van der Waals surface area contributed by atoms with Crippen LogP contribution < -0.4 is 10.1 Å². The summed E-state index contributed by atoms with van der Waals surface area (Å²) in [7, 11) is 0. The van der Waals surface area contributed by atoms with Crippen LogP contribution in [0.4, 0.5) is 0 Å². The lowest BCUT2D eigenvalue weighted by Gasteiger charge is -2.26. The summed E-state index contributed by atoms with van der Waals surface area (Å²) >= 11 is 0. The highest BCUT2D eigenvalue weighted by atomic mass is 16.5. The summed E-state index contributed by atoms with van der Waals surface area (Å²) < 4.78 is 5.66. The summed E-state index contributed by atoms with van der Waals surface area (Å²) in [6.45, 7) is 0.662. The topological polar surface area (TPSA) is 75.7 Å². The Morgan fingerprint density at radius 1 is 0.935 bits per heavy atom. The Hall–Kier alpha value is -3.93. The van der Waals surface area contributed by atoms with Crippen LogP contribution in [0.15, 0.2) is 72.8 Å². The quantitative estimate of drug-likeness (QED) is 0.663. The highest BCUT2D eigenvalue weighted by molar-refractivity contribution is 6.21. The normalized spacial score (nSPS) is 17.0. The third kappa shape index (κ3) is 3.46. The number of imide groups is 1. The van der Waals surface area contributed by atoms with Gasteiger partial charge in [0, 0.05) is 17.5 Å². The summed E-state index contributed by atoms with van der Waals surface area (Å²) in [6, 6.07) is 21.4. The minimum Gasteiger partial charge on any atom is -0.493 e. The number of para-hydroxylation sites is 1. The molecule has 6 nitrogen and oxygen atoms in total. The minimum atomic E-state index is -0.311. The van der Waals surface area contributed by atoms with Gasteiger partial charge in [-0.15, -0.1) is 0 Å². The zero-order chi connectivity index (χ0) is 21.4. The van der Waals surface area contributed by atoms with Crippen molar-refractivity contribution in [1.29, 1.82) is 0 Å². The molecule has 0 aromatic heterocycles. The maximum Gasteiger partial charge on any atom is 0.261 e. The van der Waals surface area contributed by atoms with Gasteiger partial charge in [0.05, 0.1) is 30.3 Å². The van der Waals surface area contributed by atoms with Crippen molar-refractivity contribution in [3.05, 3.63) is 101 Å². The molecule has 1 N–H and O–H groups in total. The molecule has 31 heavy (non-hydrogen) atoms. The predicted octanol–water partition coefficient (Wildman–Crippen LogP) is 3.74. The zero-order valence-electron chi connectivity index (χ0n) is 16.7. The Morgan fingerprint density at radius 3 is 2.42 bits per heavy atom. The molecule has 5 rings (SSSR count). The van der Waals surface area contributed by atoms with Crippen molar-refractivity contribution < 1.29 is 19.1 Å². The van der Waals surface area contributed by atoms with Crippen molar-refractivity contribution in [2.24, 2.45) is 0 Å². The van der Waals surface area contributed by atoms with Gasteiger partial charge >= 0.3 is 0 Å². The molecule has 2 aliphatic heterocycles. The fraction of sp³-hybridized carbons (Fsp3) is 0.160. The van der Waals surface area contributed by atoms with Gasteiger partial charge in [-0.1, -0.05) is 42.5 Å². The van der Waals surface area contributed by atoms with E-state index in [2.05, 4.69) is 5.32 Å². The molecule has 3 amide bonds. The number of hydrogen-bond donors (Lipinski definition) is 1. The summed E-state index contributed by atoms with van der Waals surface area (Å²) in [5.41, 5.74) is 3.00. The molecule has 1 unspecified atom stereocenters. The predicted molar refractivity (Wildman–Crippen MR) is 114 cm³/mol. The third-order valence-corrected chi connectivity index (χ3v) is 5.67. The maximum absolute atomic E-state index is 12.9. The lowest BCUT2D eigenvalue weighted by Crippen LogP contribution is -2.32. The molecule has 0 fully saturated rings. The van der Waals surface area contributed by atoms with Crippen molar-refractivity contribution in [3.63, 3.8) is 0 Å². The molecule has 1 atom stereocenters. The van der Waals surface area contributed by atoms with Crippen molar-refractivity contribution >= 4 is 17.7 Å². The van der Waals surface area contributed by atoms with Gasteiger partial charge in [-0.25, -0.2) is 0 Å². The van der Waals surface area contributed by atoms with E-state index in [0.29, 0.717) is 29.7 Å². The van der Waals surface area contributed by atoms with Crippen molar-refractivity contribution in [3.8, 4) is 5.75 Å².